The van der Waals surface area contributed by atoms with Gasteiger partial charge in [-0.25, -0.2) is 4.98 Å². The Kier molecular flexibility index (Phi) is 5.32. The summed E-state index contributed by atoms with van der Waals surface area (Å²) in [5.74, 6) is 1.41. The third kappa shape index (κ3) is 5.17. The van der Waals surface area contributed by atoms with Crippen molar-refractivity contribution in [1.29, 1.82) is 0 Å². The predicted molar refractivity (Wildman–Crippen MR) is 73.3 cm³/mol. The molecule has 104 valence electrons. The molecule has 0 amide bonds. The molecule has 0 spiro atoms. The summed E-state index contributed by atoms with van der Waals surface area (Å²) >= 11 is 0. The van der Waals surface area contributed by atoms with Gasteiger partial charge in [-0.3, -0.25) is 4.68 Å². The van der Waals surface area contributed by atoms with Crippen LogP contribution in [0.2, 0.25) is 0 Å². The standard InChI is InChI=1S/C14H27N3O/c1-6-17-13(15-10-16-17)8-12(18)7-11(2)9-14(3,4)5/h10-12,18H,6-9H2,1-5H3. The molecule has 0 bridgehead atoms. The largest absolute Gasteiger partial charge is 0.393 e. The summed E-state index contributed by atoms with van der Waals surface area (Å²) in [6, 6.07) is 0. The van der Waals surface area contributed by atoms with Gasteiger partial charge in [-0.1, -0.05) is 27.7 Å². The number of aliphatic hydroxyl groups excluding tert-OH is 1. The van der Waals surface area contributed by atoms with E-state index in [2.05, 4.69) is 37.8 Å². The highest BCUT2D eigenvalue weighted by Gasteiger charge is 2.19. The molecule has 1 rings (SSSR count). The second kappa shape index (κ2) is 6.32. The molecule has 0 aliphatic heterocycles. The third-order valence-corrected chi connectivity index (χ3v) is 3.05. The van der Waals surface area contributed by atoms with Crippen LogP contribution in [0.15, 0.2) is 6.33 Å². The molecule has 2 atom stereocenters. The second-order valence-corrected chi connectivity index (χ2v) is 6.46. The van der Waals surface area contributed by atoms with Crippen molar-refractivity contribution in [1.82, 2.24) is 14.8 Å². The fraction of sp³-hybridized carbons (Fsp3) is 0.857. The average Bonchev–Trinajstić information content (AvgIpc) is 2.61. The molecule has 0 aliphatic carbocycles. The number of hydrogen-bond donors (Lipinski definition) is 1. The van der Waals surface area contributed by atoms with E-state index in [9.17, 15) is 5.11 Å². The minimum Gasteiger partial charge on any atom is -0.393 e. The van der Waals surface area contributed by atoms with Gasteiger partial charge in [0, 0.05) is 13.0 Å². The van der Waals surface area contributed by atoms with Crippen molar-refractivity contribution in [3.05, 3.63) is 12.2 Å². The fourth-order valence-corrected chi connectivity index (χ4v) is 2.60. The molecule has 1 N–H and O–H groups in total. The Bertz CT molecular complexity index is 354. The van der Waals surface area contributed by atoms with Crippen LogP contribution in [0.3, 0.4) is 0 Å². The van der Waals surface area contributed by atoms with Gasteiger partial charge in [-0.05, 0) is 31.1 Å². The van der Waals surface area contributed by atoms with E-state index in [0.717, 1.165) is 25.2 Å². The summed E-state index contributed by atoms with van der Waals surface area (Å²) < 4.78 is 1.84. The van der Waals surface area contributed by atoms with Crippen molar-refractivity contribution < 1.29 is 5.11 Å². The van der Waals surface area contributed by atoms with E-state index in [1.165, 1.54) is 0 Å². The fourth-order valence-electron chi connectivity index (χ4n) is 2.60. The molecule has 0 saturated heterocycles. The van der Waals surface area contributed by atoms with Crippen molar-refractivity contribution in [2.24, 2.45) is 11.3 Å². The lowest BCUT2D eigenvalue weighted by Gasteiger charge is -2.24. The predicted octanol–water partition coefficient (Wildman–Crippen LogP) is 2.66. The molecule has 1 heterocycles. The monoisotopic (exact) mass is 253 g/mol. The van der Waals surface area contributed by atoms with Crippen LogP contribution in [0.1, 0.15) is 53.3 Å². The summed E-state index contributed by atoms with van der Waals surface area (Å²) in [4.78, 5) is 4.20. The van der Waals surface area contributed by atoms with Gasteiger partial charge in [0.1, 0.15) is 12.2 Å². The quantitative estimate of drug-likeness (QED) is 0.848. The molecule has 2 unspecified atom stereocenters. The number of aryl methyl sites for hydroxylation is 1. The maximum Gasteiger partial charge on any atom is 0.138 e. The van der Waals surface area contributed by atoms with Crippen LogP contribution in [0.4, 0.5) is 0 Å². The zero-order chi connectivity index (χ0) is 13.8. The molecule has 0 aromatic carbocycles. The average molecular weight is 253 g/mol. The number of aromatic nitrogens is 3. The number of aliphatic hydroxyl groups is 1. The zero-order valence-corrected chi connectivity index (χ0v) is 12.3. The third-order valence-electron chi connectivity index (χ3n) is 3.05. The lowest BCUT2D eigenvalue weighted by molar-refractivity contribution is 0.129. The zero-order valence-electron chi connectivity index (χ0n) is 12.3. The SMILES string of the molecule is CCn1ncnc1CC(O)CC(C)CC(C)(C)C. The Morgan fingerprint density at radius 2 is 2.06 bits per heavy atom. The number of rotatable bonds is 6. The van der Waals surface area contributed by atoms with E-state index in [1.54, 1.807) is 6.33 Å². The van der Waals surface area contributed by atoms with Crippen LogP contribution < -0.4 is 0 Å². The van der Waals surface area contributed by atoms with Gasteiger partial charge in [-0.15, -0.1) is 0 Å². The van der Waals surface area contributed by atoms with Crippen molar-refractivity contribution in [3.63, 3.8) is 0 Å². The maximum absolute atomic E-state index is 10.1. The molecular weight excluding hydrogens is 226 g/mol. The van der Waals surface area contributed by atoms with Crippen LogP contribution in [0.25, 0.3) is 0 Å². The smallest absolute Gasteiger partial charge is 0.138 e. The summed E-state index contributed by atoms with van der Waals surface area (Å²) in [5.41, 5.74) is 0.322. The van der Waals surface area contributed by atoms with E-state index in [4.69, 9.17) is 0 Å². The normalized spacial score (nSPS) is 15.7. The highest BCUT2D eigenvalue weighted by atomic mass is 16.3. The molecule has 18 heavy (non-hydrogen) atoms. The van der Waals surface area contributed by atoms with Crippen LogP contribution in [-0.2, 0) is 13.0 Å². The van der Waals surface area contributed by atoms with Crippen LogP contribution >= 0.6 is 0 Å². The highest BCUT2D eigenvalue weighted by molar-refractivity contribution is 4.87. The summed E-state index contributed by atoms with van der Waals surface area (Å²) in [6.45, 7) is 11.8. The summed E-state index contributed by atoms with van der Waals surface area (Å²) in [7, 11) is 0. The Morgan fingerprint density at radius 1 is 1.39 bits per heavy atom. The van der Waals surface area contributed by atoms with Gasteiger partial charge in [0.05, 0.1) is 6.10 Å². The first-order valence-electron chi connectivity index (χ1n) is 6.86. The summed E-state index contributed by atoms with van der Waals surface area (Å²) in [6.07, 6.45) is 3.79. The lowest BCUT2D eigenvalue weighted by Crippen LogP contribution is -2.20. The number of hydrogen-bond acceptors (Lipinski definition) is 3. The second-order valence-electron chi connectivity index (χ2n) is 6.46. The first-order chi connectivity index (χ1) is 8.31. The number of nitrogens with zero attached hydrogens (tertiary/aromatic N) is 3. The van der Waals surface area contributed by atoms with Gasteiger partial charge in [0.25, 0.3) is 0 Å². The molecule has 0 radical (unpaired) electrons. The molecule has 1 aromatic rings. The minimum absolute atomic E-state index is 0.322. The summed E-state index contributed by atoms with van der Waals surface area (Å²) in [5, 5.41) is 14.2. The molecule has 4 heteroatoms. The van der Waals surface area contributed by atoms with Crippen molar-refractivity contribution >= 4 is 0 Å². The van der Waals surface area contributed by atoms with Gasteiger partial charge in [0.15, 0.2) is 0 Å². The van der Waals surface area contributed by atoms with Crippen LogP contribution in [-0.4, -0.2) is 26.0 Å². The Labute approximate surface area is 110 Å². The molecule has 4 nitrogen and oxygen atoms in total. The Morgan fingerprint density at radius 3 is 2.61 bits per heavy atom. The van der Waals surface area contributed by atoms with Crippen LogP contribution in [0.5, 0.6) is 0 Å². The molecule has 1 aromatic heterocycles. The van der Waals surface area contributed by atoms with Gasteiger partial charge < -0.3 is 5.11 Å². The molecule has 0 fully saturated rings. The highest BCUT2D eigenvalue weighted by Crippen LogP contribution is 2.27. The Balaban J connectivity index is 2.44. The van der Waals surface area contributed by atoms with E-state index >= 15 is 0 Å². The topological polar surface area (TPSA) is 50.9 Å². The minimum atomic E-state index is -0.322. The van der Waals surface area contributed by atoms with E-state index in [1.807, 2.05) is 11.6 Å². The van der Waals surface area contributed by atoms with Crippen molar-refractivity contribution in [2.45, 2.75) is 66.5 Å². The van der Waals surface area contributed by atoms with E-state index < -0.39 is 0 Å². The van der Waals surface area contributed by atoms with Gasteiger partial charge in [-0.2, -0.15) is 5.10 Å². The molecule has 0 saturated carbocycles. The first kappa shape index (κ1) is 15.2. The molecule has 0 aliphatic rings. The van der Waals surface area contributed by atoms with Crippen molar-refractivity contribution in [3.8, 4) is 0 Å². The van der Waals surface area contributed by atoms with Gasteiger partial charge in [0.2, 0.25) is 0 Å². The Hall–Kier alpha value is -0.900. The van der Waals surface area contributed by atoms with Gasteiger partial charge >= 0.3 is 0 Å². The molecular formula is C14H27N3O. The van der Waals surface area contributed by atoms with Crippen LogP contribution in [0, 0.1) is 11.3 Å². The maximum atomic E-state index is 10.1. The van der Waals surface area contributed by atoms with E-state index in [-0.39, 0.29) is 6.10 Å². The van der Waals surface area contributed by atoms with E-state index in [0.29, 0.717) is 17.8 Å². The first-order valence-corrected chi connectivity index (χ1v) is 6.86. The lowest BCUT2D eigenvalue weighted by atomic mass is 9.83. The van der Waals surface area contributed by atoms with Crippen molar-refractivity contribution in [2.75, 3.05) is 0 Å².